The molecule has 2 atom stereocenters. The van der Waals surface area contributed by atoms with Crippen LogP contribution in [0.4, 0.5) is 4.79 Å². The number of hydrogen-bond acceptors (Lipinski definition) is 5. The topological polar surface area (TPSA) is 81.9 Å². The molecule has 1 amide bonds. The lowest BCUT2D eigenvalue weighted by atomic mass is 10.1. The van der Waals surface area contributed by atoms with E-state index in [0.29, 0.717) is 6.42 Å². The molecule has 24 heavy (non-hydrogen) atoms. The van der Waals surface area contributed by atoms with Crippen LogP contribution >= 0.6 is 12.4 Å². The normalized spacial score (nSPS) is 20.2. The van der Waals surface area contributed by atoms with Gasteiger partial charge in [0.15, 0.2) is 0 Å². The van der Waals surface area contributed by atoms with Crippen LogP contribution in [0.25, 0.3) is 0 Å². The van der Waals surface area contributed by atoms with Crippen molar-refractivity contribution < 1.29 is 19.1 Å². The van der Waals surface area contributed by atoms with E-state index < -0.39 is 23.7 Å². The van der Waals surface area contributed by atoms with Gasteiger partial charge in [0.2, 0.25) is 0 Å². The lowest BCUT2D eigenvalue weighted by molar-refractivity contribution is -0.159. The third-order valence-electron chi connectivity index (χ3n) is 3.45. The Kier molecular flexibility index (Phi) is 7.05. The van der Waals surface area contributed by atoms with Gasteiger partial charge < -0.3 is 15.2 Å². The first-order chi connectivity index (χ1) is 10.8. The summed E-state index contributed by atoms with van der Waals surface area (Å²) in [5.74, 6) is -0.442. The maximum Gasteiger partial charge on any atom is 0.410 e. The lowest BCUT2D eigenvalue weighted by Crippen LogP contribution is -2.43. The van der Waals surface area contributed by atoms with E-state index >= 15 is 0 Å². The summed E-state index contributed by atoms with van der Waals surface area (Å²) in [6.45, 7) is 5.82. The highest BCUT2D eigenvalue weighted by Gasteiger charge is 2.41. The molecular formula is C17H25ClN2O4. The van der Waals surface area contributed by atoms with E-state index in [0.717, 1.165) is 5.56 Å². The van der Waals surface area contributed by atoms with E-state index in [1.807, 2.05) is 30.3 Å². The molecule has 2 N–H and O–H groups in total. The third-order valence-corrected chi connectivity index (χ3v) is 3.45. The fraction of sp³-hybridized carbons (Fsp3) is 0.529. The minimum atomic E-state index is -0.688. The van der Waals surface area contributed by atoms with Gasteiger partial charge in [-0.2, -0.15) is 0 Å². The van der Waals surface area contributed by atoms with Crippen LogP contribution in [0.15, 0.2) is 30.3 Å². The molecule has 1 aliphatic rings. The number of amides is 1. The first kappa shape index (κ1) is 20.3. The zero-order valence-electron chi connectivity index (χ0n) is 14.2. The quantitative estimate of drug-likeness (QED) is 0.841. The number of hydrogen-bond donors (Lipinski definition) is 1. The summed E-state index contributed by atoms with van der Waals surface area (Å²) in [6.07, 6.45) is -0.160. The maximum atomic E-state index is 12.3. The average Bonchev–Trinajstić information content (AvgIpc) is 2.86. The van der Waals surface area contributed by atoms with Gasteiger partial charge in [-0.15, -0.1) is 12.4 Å². The number of esters is 1. The molecule has 6 nitrogen and oxygen atoms in total. The number of nitrogens with zero attached hydrogens (tertiary/aromatic N) is 1. The molecule has 0 aromatic heterocycles. The molecule has 0 bridgehead atoms. The minimum absolute atomic E-state index is 0. The Labute approximate surface area is 148 Å². The molecule has 0 radical (unpaired) electrons. The van der Waals surface area contributed by atoms with Crippen molar-refractivity contribution in [2.24, 2.45) is 5.73 Å². The second-order valence-electron chi connectivity index (χ2n) is 6.74. The molecule has 7 heteroatoms. The SMILES string of the molecule is CC(C)(C)OC(=O)C1CC(N)CN1C(=O)OCc1ccccc1.Cl. The molecule has 0 spiro atoms. The Hall–Kier alpha value is -1.79. The number of nitrogens with two attached hydrogens (primary N) is 1. The highest BCUT2D eigenvalue weighted by Crippen LogP contribution is 2.22. The first-order valence-electron chi connectivity index (χ1n) is 7.72. The number of halogens is 1. The van der Waals surface area contributed by atoms with Crippen molar-refractivity contribution in [3.05, 3.63) is 35.9 Å². The monoisotopic (exact) mass is 356 g/mol. The van der Waals surface area contributed by atoms with Crippen LogP contribution in [0, 0.1) is 0 Å². The summed E-state index contributed by atoms with van der Waals surface area (Å²) in [7, 11) is 0. The van der Waals surface area contributed by atoms with E-state index in [9.17, 15) is 9.59 Å². The fourth-order valence-corrected chi connectivity index (χ4v) is 2.47. The van der Waals surface area contributed by atoms with Crippen LogP contribution in [0.2, 0.25) is 0 Å². The van der Waals surface area contributed by atoms with Gasteiger partial charge >= 0.3 is 12.1 Å². The molecule has 1 saturated heterocycles. The lowest BCUT2D eigenvalue weighted by Gasteiger charge is -2.26. The van der Waals surface area contributed by atoms with Crippen LogP contribution in [-0.2, 0) is 20.9 Å². The van der Waals surface area contributed by atoms with Crippen molar-refractivity contribution in [2.45, 2.75) is 51.5 Å². The van der Waals surface area contributed by atoms with Gasteiger partial charge in [-0.25, -0.2) is 9.59 Å². The van der Waals surface area contributed by atoms with E-state index in [-0.39, 0.29) is 31.6 Å². The molecule has 0 aliphatic carbocycles. The summed E-state index contributed by atoms with van der Waals surface area (Å²) >= 11 is 0. The van der Waals surface area contributed by atoms with Gasteiger partial charge in [-0.05, 0) is 32.8 Å². The third kappa shape index (κ3) is 5.69. The second kappa shape index (κ2) is 8.35. The number of carbonyl (C=O) groups excluding carboxylic acids is 2. The zero-order chi connectivity index (χ0) is 17.0. The van der Waals surface area contributed by atoms with Crippen LogP contribution < -0.4 is 5.73 Å². The van der Waals surface area contributed by atoms with E-state index in [1.165, 1.54) is 4.90 Å². The molecule has 2 rings (SSSR count). The van der Waals surface area contributed by atoms with E-state index in [2.05, 4.69) is 0 Å². The molecule has 1 fully saturated rings. The number of likely N-dealkylation sites (tertiary alicyclic amines) is 1. The molecule has 0 saturated carbocycles. The van der Waals surface area contributed by atoms with Crippen molar-refractivity contribution in [1.29, 1.82) is 0 Å². The van der Waals surface area contributed by atoms with Crippen LogP contribution in [-0.4, -0.2) is 41.2 Å². The van der Waals surface area contributed by atoms with Crippen molar-refractivity contribution in [1.82, 2.24) is 4.90 Å². The van der Waals surface area contributed by atoms with Crippen LogP contribution in [0.5, 0.6) is 0 Å². The Morgan fingerprint density at radius 3 is 2.46 bits per heavy atom. The molecule has 2 unspecified atom stereocenters. The van der Waals surface area contributed by atoms with Crippen molar-refractivity contribution in [2.75, 3.05) is 6.54 Å². The molecule has 1 aromatic carbocycles. The standard InChI is InChI=1S/C17H24N2O4.ClH/c1-17(2,3)23-15(20)14-9-13(18)10-19(14)16(21)22-11-12-7-5-4-6-8-12;/h4-8,13-14H,9-11,18H2,1-3H3;1H. The molecule has 134 valence electrons. The summed E-state index contributed by atoms with van der Waals surface area (Å²) in [4.78, 5) is 25.9. The Bertz CT molecular complexity index is 559. The predicted octanol–water partition coefficient (Wildman–Crippen LogP) is 2.49. The number of ether oxygens (including phenoxy) is 2. The van der Waals surface area contributed by atoms with Gasteiger partial charge in [0, 0.05) is 12.6 Å². The molecule has 1 aliphatic heterocycles. The smallest absolute Gasteiger partial charge is 0.410 e. The van der Waals surface area contributed by atoms with Crippen LogP contribution in [0.1, 0.15) is 32.8 Å². The van der Waals surface area contributed by atoms with E-state index in [4.69, 9.17) is 15.2 Å². The molecule has 1 aromatic rings. The fourth-order valence-electron chi connectivity index (χ4n) is 2.47. The molecular weight excluding hydrogens is 332 g/mol. The summed E-state index contributed by atoms with van der Waals surface area (Å²) < 4.78 is 10.7. The van der Waals surface area contributed by atoms with Crippen molar-refractivity contribution in [3.63, 3.8) is 0 Å². The summed E-state index contributed by atoms with van der Waals surface area (Å²) in [6, 6.07) is 8.44. The first-order valence-corrected chi connectivity index (χ1v) is 7.72. The maximum absolute atomic E-state index is 12.3. The average molecular weight is 357 g/mol. The van der Waals surface area contributed by atoms with Crippen LogP contribution in [0.3, 0.4) is 0 Å². The van der Waals surface area contributed by atoms with Gasteiger partial charge in [0.05, 0.1) is 0 Å². The summed E-state index contributed by atoms with van der Waals surface area (Å²) in [5, 5.41) is 0. The van der Waals surface area contributed by atoms with Gasteiger partial charge in [0.25, 0.3) is 0 Å². The number of carbonyl (C=O) groups is 2. The minimum Gasteiger partial charge on any atom is -0.458 e. The Morgan fingerprint density at radius 1 is 1.25 bits per heavy atom. The predicted molar refractivity (Wildman–Crippen MR) is 92.8 cm³/mol. The van der Waals surface area contributed by atoms with Gasteiger partial charge in [-0.3, -0.25) is 4.90 Å². The van der Waals surface area contributed by atoms with E-state index in [1.54, 1.807) is 20.8 Å². The number of rotatable bonds is 3. The number of benzene rings is 1. The zero-order valence-corrected chi connectivity index (χ0v) is 15.0. The molecule has 1 heterocycles. The Morgan fingerprint density at radius 2 is 1.88 bits per heavy atom. The Balaban J connectivity index is 0.00000288. The van der Waals surface area contributed by atoms with Gasteiger partial charge in [-0.1, -0.05) is 30.3 Å². The van der Waals surface area contributed by atoms with Gasteiger partial charge in [0.1, 0.15) is 18.2 Å². The highest BCUT2D eigenvalue weighted by atomic mass is 35.5. The van der Waals surface area contributed by atoms with Crippen molar-refractivity contribution in [3.8, 4) is 0 Å². The van der Waals surface area contributed by atoms with Crippen molar-refractivity contribution >= 4 is 24.5 Å². The largest absolute Gasteiger partial charge is 0.458 e. The second-order valence-corrected chi connectivity index (χ2v) is 6.74. The highest BCUT2D eigenvalue weighted by molar-refractivity contribution is 5.85. The summed E-state index contributed by atoms with van der Waals surface area (Å²) in [5.41, 5.74) is 6.18.